The molecule has 4 nitrogen and oxygen atoms in total. The van der Waals surface area contributed by atoms with Crippen molar-refractivity contribution in [1.82, 2.24) is 10.2 Å². The molecule has 0 spiro atoms. The average molecular weight is 294 g/mol. The van der Waals surface area contributed by atoms with Crippen LogP contribution in [0, 0.1) is 0 Å². The Labute approximate surface area is 129 Å². The molecule has 3 rings (SSSR count). The number of likely N-dealkylation sites (N-methyl/N-ethyl adjacent to an activating group) is 1. The minimum Gasteiger partial charge on any atom is -0.350 e. The van der Waals surface area contributed by atoms with Gasteiger partial charge in [-0.15, -0.1) is 0 Å². The van der Waals surface area contributed by atoms with Crippen molar-refractivity contribution >= 4 is 11.8 Å². The van der Waals surface area contributed by atoms with E-state index in [2.05, 4.69) is 5.32 Å². The maximum absolute atomic E-state index is 12.6. The number of amides is 2. The monoisotopic (exact) mass is 294 g/mol. The Hall–Kier alpha value is -2.62. The Kier molecular flexibility index (Phi) is 3.92. The van der Waals surface area contributed by atoms with Gasteiger partial charge in [-0.1, -0.05) is 54.6 Å². The summed E-state index contributed by atoms with van der Waals surface area (Å²) in [5.41, 5.74) is 2.88. The van der Waals surface area contributed by atoms with Crippen LogP contribution in [-0.4, -0.2) is 23.8 Å². The third-order valence-electron chi connectivity index (χ3n) is 4.03. The summed E-state index contributed by atoms with van der Waals surface area (Å²) < 4.78 is 0. The predicted molar refractivity (Wildman–Crippen MR) is 83.9 cm³/mol. The molecule has 112 valence electrons. The van der Waals surface area contributed by atoms with E-state index < -0.39 is 6.04 Å². The van der Waals surface area contributed by atoms with Crippen molar-refractivity contribution in [2.75, 3.05) is 7.05 Å². The Morgan fingerprint density at radius 2 is 1.82 bits per heavy atom. The maximum atomic E-state index is 12.6. The minimum atomic E-state index is -0.554. The Balaban J connectivity index is 1.80. The molecule has 22 heavy (non-hydrogen) atoms. The van der Waals surface area contributed by atoms with E-state index in [1.54, 1.807) is 7.05 Å². The average Bonchev–Trinajstić information content (AvgIpc) is 2.55. The topological polar surface area (TPSA) is 49.4 Å². The van der Waals surface area contributed by atoms with Gasteiger partial charge in [0.2, 0.25) is 11.8 Å². The summed E-state index contributed by atoms with van der Waals surface area (Å²) in [6, 6.07) is 16.8. The van der Waals surface area contributed by atoms with Crippen LogP contribution in [0.2, 0.25) is 0 Å². The molecule has 1 N–H and O–H groups in total. The number of nitrogens with zero attached hydrogens (tertiary/aromatic N) is 1. The van der Waals surface area contributed by atoms with Gasteiger partial charge in [0.25, 0.3) is 0 Å². The van der Waals surface area contributed by atoms with Crippen molar-refractivity contribution in [2.24, 2.45) is 0 Å². The molecule has 0 bridgehead atoms. The molecule has 0 aliphatic carbocycles. The second kappa shape index (κ2) is 6.02. The SMILES string of the molecule is CN1C(=O)Cc2ccccc2[C@@H]1C(=O)NCc1ccccc1. The zero-order valence-electron chi connectivity index (χ0n) is 12.5. The zero-order chi connectivity index (χ0) is 15.5. The first-order valence-electron chi connectivity index (χ1n) is 7.32. The van der Waals surface area contributed by atoms with Gasteiger partial charge in [0.15, 0.2) is 0 Å². The predicted octanol–water partition coefficient (Wildman–Crippen LogP) is 2.06. The number of carbonyl (C=O) groups is 2. The lowest BCUT2D eigenvalue weighted by atomic mass is 9.92. The van der Waals surface area contributed by atoms with Crippen molar-refractivity contribution in [3.8, 4) is 0 Å². The first-order valence-corrected chi connectivity index (χ1v) is 7.32. The maximum Gasteiger partial charge on any atom is 0.247 e. The number of rotatable bonds is 3. The summed E-state index contributed by atoms with van der Waals surface area (Å²) in [5.74, 6) is -0.176. The number of carbonyl (C=O) groups excluding carboxylic acids is 2. The number of hydrogen-bond acceptors (Lipinski definition) is 2. The van der Waals surface area contributed by atoms with Crippen LogP contribution in [0.25, 0.3) is 0 Å². The Bertz CT molecular complexity index is 697. The van der Waals surface area contributed by atoms with Gasteiger partial charge in [0.05, 0.1) is 6.42 Å². The van der Waals surface area contributed by atoms with E-state index in [-0.39, 0.29) is 11.8 Å². The summed E-state index contributed by atoms with van der Waals surface area (Å²) in [6.45, 7) is 0.459. The minimum absolute atomic E-state index is 0.0291. The molecule has 2 aromatic rings. The molecule has 0 aromatic heterocycles. The summed E-state index contributed by atoms with van der Waals surface area (Å²) in [4.78, 5) is 26.2. The highest BCUT2D eigenvalue weighted by molar-refractivity contribution is 5.92. The molecule has 0 fully saturated rings. The van der Waals surface area contributed by atoms with Crippen LogP contribution in [0.15, 0.2) is 54.6 Å². The van der Waals surface area contributed by atoms with Gasteiger partial charge in [-0.25, -0.2) is 0 Å². The standard InChI is InChI=1S/C18H18N2O2/c1-20-16(21)11-14-9-5-6-10-15(14)17(20)18(22)19-12-13-7-3-2-4-8-13/h2-10,17H,11-12H2,1H3,(H,19,22)/t17-/m1/s1. The molecule has 1 aliphatic heterocycles. The summed E-state index contributed by atoms with van der Waals surface area (Å²) in [6.07, 6.45) is 0.356. The number of benzene rings is 2. The van der Waals surface area contributed by atoms with E-state index in [1.165, 1.54) is 4.90 Å². The van der Waals surface area contributed by atoms with Crippen LogP contribution in [-0.2, 0) is 22.6 Å². The molecular weight excluding hydrogens is 276 g/mol. The number of fused-ring (bicyclic) bond motifs is 1. The van der Waals surface area contributed by atoms with Gasteiger partial charge in [-0.3, -0.25) is 9.59 Å². The highest BCUT2D eigenvalue weighted by atomic mass is 16.2. The molecular formula is C18H18N2O2. The fourth-order valence-electron chi connectivity index (χ4n) is 2.80. The Morgan fingerprint density at radius 3 is 2.59 bits per heavy atom. The second-order valence-corrected chi connectivity index (χ2v) is 5.49. The Morgan fingerprint density at radius 1 is 1.14 bits per heavy atom. The van der Waals surface area contributed by atoms with E-state index in [1.807, 2.05) is 54.6 Å². The fourth-order valence-corrected chi connectivity index (χ4v) is 2.80. The first kappa shape index (κ1) is 14.3. The molecule has 0 unspecified atom stereocenters. The zero-order valence-corrected chi connectivity index (χ0v) is 12.5. The molecule has 2 amide bonds. The van der Waals surface area contributed by atoms with Crippen LogP contribution < -0.4 is 5.32 Å². The van der Waals surface area contributed by atoms with Crippen molar-refractivity contribution in [3.63, 3.8) is 0 Å². The third-order valence-corrected chi connectivity index (χ3v) is 4.03. The van der Waals surface area contributed by atoms with Gasteiger partial charge < -0.3 is 10.2 Å². The van der Waals surface area contributed by atoms with Crippen LogP contribution in [0.1, 0.15) is 22.7 Å². The summed E-state index contributed by atoms with van der Waals surface area (Å²) >= 11 is 0. The molecule has 0 saturated carbocycles. The molecule has 1 aliphatic rings. The molecule has 1 atom stereocenters. The van der Waals surface area contributed by atoms with Gasteiger partial charge in [-0.05, 0) is 16.7 Å². The van der Waals surface area contributed by atoms with Crippen molar-refractivity contribution < 1.29 is 9.59 Å². The molecule has 2 aromatic carbocycles. The number of nitrogens with one attached hydrogen (secondary N) is 1. The van der Waals surface area contributed by atoms with E-state index in [4.69, 9.17) is 0 Å². The molecule has 4 heteroatoms. The largest absolute Gasteiger partial charge is 0.350 e. The summed E-state index contributed by atoms with van der Waals surface area (Å²) in [7, 11) is 1.69. The molecule has 0 saturated heterocycles. The first-order chi connectivity index (χ1) is 10.7. The van der Waals surface area contributed by atoms with Crippen LogP contribution >= 0.6 is 0 Å². The fraction of sp³-hybridized carbons (Fsp3) is 0.222. The third kappa shape index (κ3) is 2.72. The van der Waals surface area contributed by atoms with E-state index in [0.29, 0.717) is 13.0 Å². The van der Waals surface area contributed by atoms with Gasteiger partial charge in [0.1, 0.15) is 6.04 Å². The van der Waals surface area contributed by atoms with Gasteiger partial charge in [-0.2, -0.15) is 0 Å². The molecule has 0 radical (unpaired) electrons. The van der Waals surface area contributed by atoms with E-state index in [9.17, 15) is 9.59 Å². The van der Waals surface area contributed by atoms with Crippen molar-refractivity contribution in [2.45, 2.75) is 19.0 Å². The lowest BCUT2D eigenvalue weighted by molar-refractivity contribution is -0.140. The molecule has 1 heterocycles. The highest BCUT2D eigenvalue weighted by Crippen LogP contribution is 2.29. The van der Waals surface area contributed by atoms with E-state index in [0.717, 1.165) is 16.7 Å². The quantitative estimate of drug-likeness (QED) is 0.942. The van der Waals surface area contributed by atoms with E-state index >= 15 is 0 Å². The van der Waals surface area contributed by atoms with Crippen LogP contribution in [0.4, 0.5) is 0 Å². The normalized spacial score (nSPS) is 17.0. The summed E-state index contributed by atoms with van der Waals surface area (Å²) in [5, 5.41) is 2.93. The van der Waals surface area contributed by atoms with Crippen molar-refractivity contribution in [1.29, 1.82) is 0 Å². The van der Waals surface area contributed by atoms with Crippen LogP contribution in [0.3, 0.4) is 0 Å². The van der Waals surface area contributed by atoms with Crippen LogP contribution in [0.5, 0.6) is 0 Å². The van der Waals surface area contributed by atoms with Gasteiger partial charge in [0, 0.05) is 13.6 Å². The lowest BCUT2D eigenvalue weighted by Gasteiger charge is -2.33. The smallest absolute Gasteiger partial charge is 0.247 e. The highest BCUT2D eigenvalue weighted by Gasteiger charge is 2.34. The van der Waals surface area contributed by atoms with Gasteiger partial charge >= 0.3 is 0 Å². The number of hydrogen-bond donors (Lipinski definition) is 1. The second-order valence-electron chi connectivity index (χ2n) is 5.49. The lowest BCUT2D eigenvalue weighted by Crippen LogP contribution is -2.45. The van der Waals surface area contributed by atoms with Crippen molar-refractivity contribution in [3.05, 3.63) is 71.3 Å².